The van der Waals surface area contributed by atoms with Crippen LogP contribution in [0.5, 0.6) is 0 Å². The normalized spacial score (nSPS) is 9.92. The maximum Gasteiger partial charge on any atom is 0.187 e. The van der Waals surface area contributed by atoms with Gasteiger partial charge in [0, 0.05) is 24.8 Å². The second-order valence-electron chi connectivity index (χ2n) is 2.34. The molecule has 0 aliphatic rings. The highest BCUT2D eigenvalue weighted by Gasteiger charge is 1.97. The van der Waals surface area contributed by atoms with Crippen LogP contribution in [-0.4, -0.2) is 33.7 Å². The summed E-state index contributed by atoms with van der Waals surface area (Å²) < 4.78 is 0. The lowest BCUT2D eigenvalue weighted by Crippen LogP contribution is -1.91. The highest BCUT2D eigenvalue weighted by atomic mass is 32.2. The van der Waals surface area contributed by atoms with Gasteiger partial charge in [-0.2, -0.15) is 0 Å². The van der Waals surface area contributed by atoms with Crippen molar-refractivity contribution in [2.75, 3.05) is 12.4 Å². The molecule has 0 aromatic carbocycles. The fourth-order valence-electron chi connectivity index (χ4n) is 0.690. The molecule has 0 radical (unpaired) electrons. The smallest absolute Gasteiger partial charge is 0.187 e. The van der Waals surface area contributed by atoms with Crippen LogP contribution in [0, 0.1) is 0 Å². The summed E-state index contributed by atoms with van der Waals surface area (Å²) in [5, 5.41) is 9.16. The van der Waals surface area contributed by atoms with E-state index in [9.17, 15) is 4.79 Å². The molecule has 1 heterocycles. The molecular formula is C8H10N2O2S. The number of hydrogen-bond acceptors (Lipinski definition) is 5. The second kappa shape index (κ2) is 5.66. The third-order valence-electron chi connectivity index (χ3n) is 1.32. The molecule has 13 heavy (non-hydrogen) atoms. The summed E-state index contributed by atoms with van der Waals surface area (Å²) in [6, 6.07) is 0. The van der Waals surface area contributed by atoms with E-state index in [2.05, 4.69) is 9.97 Å². The van der Waals surface area contributed by atoms with Crippen LogP contribution < -0.4 is 0 Å². The van der Waals surface area contributed by atoms with Gasteiger partial charge in [-0.1, -0.05) is 11.8 Å². The Morgan fingerprint density at radius 2 is 2.15 bits per heavy atom. The van der Waals surface area contributed by atoms with E-state index in [4.69, 9.17) is 5.11 Å². The van der Waals surface area contributed by atoms with Gasteiger partial charge in [0.25, 0.3) is 0 Å². The van der Waals surface area contributed by atoms with Crippen molar-refractivity contribution in [2.45, 2.75) is 11.6 Å². The minimum absolute atomic E-state index is 0.180. The Labute approximate surface area is 80.4 Å². The van der Waals surface area contributed by atoms with Crippen LogP contribution >= 0.6 is 11.8 Å². The summed E-state index contributed by atoms with van der Waals surface area (Å²) >= 11 is 1.47. The van der Waals surface area contributed by atoms with E-state index in [0.29, 0.717) is 17.0 Å². The van der Waals surface area contributed by atoms with Gasteiger partial charge >= 0.3 is 0 Å². The maximum atomic E-state index is 10.3. The second-order valence-corrected chi connectivity index (χ2v) is 3.40. The lowest BCUT2D eigenvalue weighted by molar-refractivity contribution is 0.112. The monoisotopic (exact) mass is 198 g/mol. The predicted molar refractivity (Wildman–Crippen MR) is 49.8 cm³/mol. The topological polar surface area (TPSA) is 63.1 Å². The Morgan fingerprint density at radius 1 is 1.46 bits per heavy atom. The Balaban J connectivity index is 2.44. The van der Waals surface area contributed by atoms with Crippen molar-refractivity contribution in [1.82, 2.24) is 9.97 Å². The summed E-state index contributed by atoms with van der Waals surface area (Å²) in [7, 11) is 0. The third-order valence-corrected chi connectivity index (χ3v) is 2.28. The van der Waals surface area contributed by atoms with Gasteiger partial charge in [-0.3, -0.25) is 4.79 Å². The molecule has 0 amide bonds. The molecule has 0 aliphatic heterocycles. The van der Waals surface area contributed by atoms with Gasteiger partial charge in [0.05, 0.1) is 5.56 Å². The number of carbonyl (C=O) groups excluding carboxylic acids is 1. The molecule has 0 saturated heterocycles. The van der Waals surface area contributed by atoms with Crippen LogP contribution in [0.25, 0.3) is 0 Å². The first-order valence-electron chi connectivity index (χ1n) is 3.87. The summed E-state index contributed by atoms with van der Waals surface area (Å²) in [5.74, 6) is 0.789. The Hall–Kier alpha value is -0.940. The van der Waals surface area contributed by atoms with Crippen molar-refractivity contribution >= 4 is 18.0 Å². The van der Waals surface area contributed by atoms with Gasteiger partial charge in [-0.05, 0) is 6.42 Å². The van der Waals surface area contributed by atoms with E-state index in [1.54, 1.807) is 0 Å². The molecule has 0 bridgehead atoms. The predicted octanol–water partition coefficient (Wildman–Crippen LogP) is 0.764. The highest BCUT2D eigenvalue weighted by molar-refractivity contribution is 7.99. The van der Waals surface area contributed by atoms with Gasteiger partial charge in [0.15, 0.2) is 11.4 Å². The summed E-state index contributed by atoms with van der Waals surface area (Å²) in [5.41, 5.74) is 0.478. The van der Waals surface area contributed by atoms with E-state index < -0.39 is 0 Å². The van der Waals surface area contributed by atoms with Crippen molar-refractivity contribution in [3.63, 3.8) is 0 Å². The molecule has 0 fully saturated rings. The number of aliphatic hydroxyl groups excluding tert-OH is 1. The molecule has 0 unspecified atom stereocenters. The van der Waals surface area contributed by atoms with E-state index in [1.807, 2.05) is 0 Å². The number of rotatable bonds is 5. The summed E-state index contributed by atoms with van der Waals surface area (Å²) in [6.07, 6.45) is 4.41. The lowest BCUT2D eigenvalue weighted by Gasteiger charge is -1.97. The van der Waals surface area contributed by atoms with Crippen LogP contribution in [0.1, 0.15) is 16.8 Å². The van der Waals surface area contributed by atoms with Crippen LogP contribution in [0.2, 0.25) is 0 Å². The molecule has 0 aliphatic carbocycles. The van der Waals surface area contributed by atoms with Gasteiger partial charge in [-0.25, -0.2) is 9.97 Å². The molecule has 70 valence electrons. The number of aromatic nitrogens is 2. The van der Waals surface area contributed by atoms with Crippen LogP contribution in [0.4, 0.5) is 0 Å². The zero-order valence-electron chi connectivity index (χ0n) is 7.01. The average Bonchev–Trinajstić information content (AvgIpc) is 2.19. The molecule has 1 rings (SSSR count). The fourth-order valence-corrected chi connectivity index (χ4v) is 1.40. The van der Waals surface area contributed by atoms with Crippen molar-refractivity contribution in [2.24, 2.45) is 0 Å². The highest BCUT2D eigenvalue weighted by Crippen LogP contribution is 2.12. The minimum atomic E-state index is 0.180. The Morgan fingerprint density at radius 3 is 2.69 bits per heavy atom. The molecular weight excluding hydrogens is 188 g/mol. The molecule has 0 saturated carbocycles. The zero-order valence-corrected chi connectivity index (χ0v) is 7.83. The van der Waals surface area contributed by atoms with Gasteiger partial charge in [0.2, 0.25) is 0 Å². The summed E-state index contributed by atoms with van der Waals surface area (Å²) in [6.45, 7) is 0.180. The standard InChI is InChI=1S/C8H10N2O2S/c11-2-1-3-13-8-9-4-7(6-12)5-10-8/h4-6,11H,1-3H2. The molecule has 0 atom stereocenters. The van der Waals surface area contributed by atoms with Crippen molar-refractivity contribution < 1.29 is 9.90 Å². The van der Waals surface area contributed by atoms with Gasteiger partial charge < -0.3 is 5.11 Å². The SMILES string of the molecule is O=Cc1cnc(SCCCO)nc1. The first-order chi connectivity index (χ1) is 6.36. The number of thioether (sulfide) groups is 1. The first-order valence-corrected chi connectivity index (χ1v) is 4.86. The molecule has 1 N–H and O–H groups in total. The molecule has 5 heteroatoms. The molecule has 1 aromatic rings. The Kier molecular flexibility index (Phi) is 4.42. The van der Waals surface area contributed by atoms with Crippen molar-refractivity contribution in [1.29, 1.82) is 0 Å². The van der Waals surface area contributed by atoms with Crippen LogP contribution in [0.3, 0.4) is 0 Å². The van der Waals surface area contributed by atoms with Gasteiger partial charge in [-0.15, -0.1) is 0 Å². The lowest BCUT2D eigenvalue weighted by atomic mass is 10.4. The van der Waals surface area contributed by atoms with Crippen LogP contribution in [-0.2, 0) is 0 Å². The number of aldehydes is 1. The average molecular weight is 198 g/mol. The van der Waals surface area contributed by atoms with Crippen molar-refractivity contribution in [3.05, 3.63) is 18.0 Å². The molecule has 0 spiro atoms. The maximum absolute atomic E-state index is 10.3. The van der Waals surface area contributed by atoms with Crippen molar-refractivity contribution in [3.8, 4) is 0 Å². The number of nitrogens with zero attached hydrogens (tertiary/aromatic N) is 2. The molecule has 4 nitrogen and oxygen atoms in total. The minimum Gasteiger partial charge on any atom is -0.396 e. The quantitative estimate of drug-likeness (QED) is 0.327. The number of carbonyl (C=O) groups is 1. The third kappa shape index (κ3) is 3.52. The molecule has 1 aromatic heterocycles. The first kappa shape index (κ1) is 10.1. The van der Waals surface area contributed by atoms with Crippen LogP contribution in [0.15, 0.2) is 17.6 Å². The zero-order chi connectivity index (χ0) is 9.52. The number of aliphatic hydroxyl groups is 1. The van der Waals surface area contributed by atoms with Gasteiger partial charge in [0.1, 0.15) is 0 Å². The Bertz CT molecular complexity index is 263. The van der Waals surface area contributed by atoms with E-state index in [0.717, 1.165) is 12.2 Å². The summed E-state index contributed by atoms with van der Waals surface area (Å²) in [4.78, 5) is 18.2. The largest absolute Gasteiger partial charge is 0.396 e. The van der Waals surface area contributed by atoms with E-state index >= 15 is 0 Å². The van der Waals surface area contributed by atoms with E-state index in [-0.39, 0.29) is 6.61 Å². The fraction of sp³-hybridized carbons (Fsp3) is 0.375. The van der Waals surface area contributed by atoms with E-state index in [1.165, 1.54) is 24.2 Å². The number of hydrogen-bond donors (Lipinski definition) is 1.